The molecule has 0 unspecified atom stereocenters. The van der Waals surface area contributed by atoms with Crippen molar-refractivity contribution in [3.8, 4) is 0 Å². The number of anilines is 1. The number of benzene rings is 1. The third-order valence-electron chi connectivity index (χ3n) is 2.12. The van der Waals surface area contributed by atoms with Crippen molar-refractivity contribution in [2.75, 3.05) is 4.72 Å². The molecule has 1 aromatic rings. The van der Waals surface area contributed by atoms with Crippen LogP contribution in [0.25, 0.3) is 0 Å². The first-order valence-corrected chi connectivity index (χ1v) is 6.77. The number of hydrogen-bond donors (Lipinski definition) is 2. The van der Waals surface area contributed by atoms with E-state index in [-0.39, 0.29) is 16.3 Å². The van der Waals surface area contributed by atoms with E-state index in [0.29, 0.717) is 0 Å². The molecule has 0 aliphatic carbocycles. The largest absolute Gasteiger partial charge is 0.366 e. The van der Waals surface area contributed by atoms with E-state index in [9.17, 15) is 13.2 Å². The van der Waals surface area contributed by atoms with Gasteiger partial charge in [-0.1, -0.05) is 11.6 Å². The van der Waals surface area contributed by atoms with Crippen molar-refractivity contribution >= 4 is 33.2 Å². The number of carbonyl (C=O) groups excluding carboxylic acids is 1. The Labute approximate surface area is 105 Å². The maximum Gasteiger partial charge on any atom is 0.248 e. The van der Waals surface area contributed by atoms with Crippen molar-refractivity contribution in [2.24, 2.45) is 5.73 Å². The number of rotatable bonds is 4. The minimum Gasteiger partial charge on any atom is -0.366 e. The van der Waals surface area contributed by atoms with Gasteiger partial charge in [-0.25, -0.2) is 8.42 Å². The van der Waals surface area contributed by atoms with Gasteiger partial charge in [0.15, 0.2) is 0 Å². The Hall–Kier alpha value is -1.27. The van der Waals surface area contributed by atoms with E-state index in [1.54, 1.807) is 0 Å². The number of sulfonamides is 1. The normalized spacial score (nSPS) is 11.5. The fraction of sp³-hybridized carbons (Fsp3) is 0.300. The molecular formula is C10H13ClN2O3S. The summed E-state index contributed by atoms with van der Waals surface area (Å²) in [6.45, 7) is 3.07. The minimum absolute atomic E-state index is 0.150. The molecule has 1 rings (SSSR count). The first-order chi connectivity index (χ1) is 7.74. The average molecular weight is 277 g/mol. The van der Waals surface area contributed by atoms with Crippen LogP contribution in [0.4, 0.5) is 5.69 Å². The Kier molecular flexibility index (Phi) is 4.00. The van der Waals surface area contributed by atoms with Crippen molar-refractivity contribution in [1.29, 1.82) is 0 Å². The molecule has 1 amide bonds. The van der Waals surface area contributed by atoms with Crippen LogP contribution < -0.4 is 10.5 Å². The van der Waals surface area contributed by atoms with Crippen molar-refractivity contribution in [2.45, 2.75) is 19.1 Å². The van der Waals surface area contributed by atoms with E-state index < -0.39 is 21.2 Å². The number of halogens is 1. The summed E-state index contributed by atoms with van der Waals surface area (Å²) in [6.07, 6.45) is 0. The van der Waals surface area contributed by atoms with Gasteiger partial charge in [-0.05, 0) is 32.0 Å². The molecule has 0 aromatic heterocycles. The highest BCUT2D eigenvalue weighted by Crippen LogP contribution is 2.24. The number of hydrogen-bond acceptors (Lipinski definition) is 3. The SMILES string of the molecule is CC(C)S(=O)(=O)Nc1cc(C(N)=O)ccc1Cl. The summed E-state index contributed by atoms with van der Waals surface area (Å²) in [5, 5.41) is -0.393. The van der Waals surface area contributed by atoms with E-state index in [1.165, 1.54) is 32.0 Å². The molecule has 0 atom stereocenters. The topological polar surface area (TPSA) is 89.3 Å². The van der Waals surface area contributed by atoms with Crippen LogP contribution in [0.3, 0.4) is 0 Å². The monoisotopic (exact) mass is 276 g/mol. The maximum absolute atomic E-state index is 11.6. The van der Waals surface area contributed by atoms with E-state index in [4.69, 9.17) is 17.3 Å². The van der Waals surface area contributed by atoms with Gasteiger partial charge in [-0.2, -0.15) is 0 Å². The van der Waals surface area contributed by atoms with Gasteiger partial charge in [0.2, 0.25) is 15.9 Å². The van der Waals surface area contributed by atoms with Crippen LogP contribution in [-0.4, -0.2) is 19.6 Å². The molecule has 3 N–H and O–H groups in total. The number of carbonyl (C=O) groups is 1. The standard InChI is InChI=1S/C10H13ClN2O3S/c1-6(2)17(15,16)13-9-5-7(10(12)14)3-4-8(9)11/h3-6,13H,1-2H3,(H2,12,14). The molecule has 17 heavy (non-hydrogen) atoms. The zero-order chi connectivity index (χ0) is 13.2. The highest BCUT2D eigenvalue weighted by Gasteiger charge is 2.17. The smallest absolute Gasteiger partial charge is 0.248 e. The molecule has 0 aliphatic rings. The lowest BCUT2D eigenvalue weighted by atomic mass is 10.2. The summed E-state index contributed by atoms with van der Waals surface area (Å²) in [5.41, 5.74) is 5.44. The summed E-state index contributed by atoms with van der Waals surface area (Å²) in [4.78, 5) is 11.0. The van der Waals surface area contributed by atoms with Gasteiger partial charge < -0.3 is 5.73 Å². The average Bonchev–Trinajstić information content (AvgIpc) is 2.20. The third kappa shape index (κ3) is 3.34. The lowest BCUT2D eigenvalue weighted by Crippen LogP contribution is -2.23. The molecular weight excluding hydrogens is 264 g/mol. The molecule has 0 heterocycles. The van der Waals surface area contributed by atoms with Crippen LogP contribution in [-0.2, 0) is 10.0 Å². The van der Waals surface area contributed by atoms with Gasteiger partial charge in [0, 0.05) is 5.56 Å². The van der Waals surface area contributed by atoms with Gasteiger partial charge in [-0.15, -0.1) is 0 Å². The zero-order valence-electron chi connectivity index (χ0n) is 9.40. The van der Waals surface area contributed by atoms with Gasteiger partial charge in [0.25, 0.3) is 0 Å². The molecule has 0 saturated heterocycles. The molecule has 0 aliphatic heterocycles. The second-order valence-electron chi connectivity index (χ2n) is 3.75. The number of nitrogens with one attached hydrogen (secondary N) is 1. The molecule has 0 radical (unpaired) electrons. The molecule has 7 heteroatoms. The van der Waals surface area contributed by atoms with Gasteiger partial charge in [0.1, 0.15) is 0 Å². The molecule has 5 nitrogen and oxygen atoms in total. The molecule has 1 aromatic carbocycles. The van der Waals surface area contributed by atoms with E-state index in [1.807, 2.05) is 0 Å². The summed E-state index contributed by atoms with van der Waals surface area (Å²) in [6, 6.07) is 4.16. The summed E-state index contributed by atoms with van der Waals surface area (Å²) in [5.74, 6) is -0.647. The third-order valence-corrected chi connectivity index (χ3v) is 4.20. The van der Waals surface area contributed by atoms with Crippen LogP contribution in [0.2, 0.25) is 5.02 Å². The molecule has 0 fully saturated rings. The van der Waals surface area contributed by atoms with Crippen LogP contribution in [0.15, 0.2) is 18.2 Å². The maximum atomic E-state index is 11.6. The summed E-state index contributed by atoms with van der Waals surface area (Å²) < 4.78 is 25.6. The van der Waals surface area contributed by atoms with Crippen LogP contribution in [0, 0.1) is 0 Å². The van der Waals surface area contributed by atoms with E-state index in [0.717, 1.165) is 0 Å². The Balaban J connectivity index is 3.15. The van der Waals surface area contributed by atoms with Gasteiger partial charge >= 0.3 is 0 Å². The van der Waals surface area contributed by atoms with Gasteiger partial charge in [-0.3, -0.25) is 9.52 Å². The Bertz CT molecular complexity index is 540. The quantitative estimate of drug-likeness (QED) is 0.875. The predicted octanol–water partition coefficient (Wildman–Crippen LogP) is 1.59. The lowest BCUT2D eigenvalue weighted by Gasteiger charge is -2.12. The fourth-order valence-corrected chi connectivity index (χ4v) is 1.96. The van der Waals surface area contributed by atoms with Crippen LogP contribution in [0.5, 0.6) is 0 Å². The fourth-order valence-electron chi connectivity index (χ4n) is 1.03. The van der Waals surface area contributed by atoms with E-state index >= 15 is 0 Å². The summed E-state index contributed by atoms with van der Waals surface area (Å²) >= 11 is 5.83. The number of primary amides is 1. The lowest BCUT2D eigenvalue weighted by molar-refractivity contribution is 0.100. The first kappa shape index (κ1) is 13.8. The van der Waals surface area contributed by atoms with Crippen molar-refractivity contribution in [3.05, 3.63) is 28.8 Å². The molecule has 0 saturated carbocycles. The van der Waals surface area contributed by atoms with E-state index in [2.05, 4.69) is 4.72 Å². The van der Waals surface area contributed by atoms with Crippen LogP contribution >= 0.6 is 11.6 Å². The van der Waals surface area contributed by atoms with Crippen molar-refractivity contribution in [1.82, 2.24) is 0 Å². The second kappa shape index (κ2) is 4.93. The first-order valence-electron chi connectivity index (χ1n) is 4.85. The number of nitrogens with two attached hydrogens (primary N) is 1. The molecule has 0 spiro atoms. The van der Waals surface area contributed by atoms with Crippen molar-refractivity contribution in [3.63, 3.8) is 0 Å². The zero-order valence-corrected chi connectivity index (χ0v) is 11.0. The molecule has 94 valence electrons. The van der Waals surface area contributed by atoms with Crippen molar-refractivity contribution < 1.29 is 13.2 Å². The van der Waals surface area contributed by atoms with Crippen LogP contribution in [0.1, 0.15) is 24.2 Å². The Morgan fingerprint density at radius 2 is 2.00 bits per heavy atom. The second-order valence-corrected chi connectivity index (χ2v) is 6.40. The highest BCUT2D eigenvalue weighted by atomic mass is 35.5. The Morgan fingerprint density at radius 1 is 1.41 bits per heavy atom. The minimum atomic E-state index is -3.50. The predicted molar refractivity (Wildman–Crippen MR) is 67.6 cm³/mol. The summed E-state index contributed by atoms with van der Waals surface area (Å²) in [7, 11) is -3.50. The molecule has 0 bridgehead atoms. The number of amides is 1. The Morgan fingerprint density at radius 3 is 2.47 bits per heavy atom. The van der Waals surface area contributed by atoms with Gasteiger partial charge in [0.05, 0.1) is 16.0 Å². The highest BCUT2D eigenvalue weighted by molar-refractivity contribution is 7.93.